The number of methoxy groups -OCH3 is 1. The molecule has 0 aromatic heterocycles. The number of benzene rings is 1. The maximum Gasteiger partial charge on any atom is 0.317 e. The van der Waals surface area contributed by atoms with Crippen molar-refractivity contribution in [2.45, 2.75) is 51.1 Å². The highest BCUT2D eigenvalue weighted by Crippen LogP contribution is 2.25. The van der Waals surface area contributed by atoms with Gasteiger partial charge in [0, 0.05) is 31.2 Å². The zero-order valence-electron chi connectivity index (χ0n) is 15.0. The van der Waals surface area contributed by atoms with Gasteiger partial charge in [-0.25, -0.2) is 4.79 Å². The smallest absolute Gasteiger partial charge is 0.317 e. The summed E-state index contributed by atoms with van der Waals surface area (Å²) in [6.45, 7) is 3.45. The van der Waals surface area contributed by atoms with Crippen molar-refractivity contribution in [3.8, 4) is 5.75 Å². The average molecular weight is 345 g/mol. The molecule has 2 unspecified atom stereocenters. The molecular weight excluding hydrogens is 318 g/mol. The maximum atomic E-state index is 12.6. The molecule has 2 saturated heterocycles. The number of hydrogen-bond acceptors (Lipinski definition) is 3. The third-order valence-corrected chi connectivity index (χ3v) is 5.20. The quantitative estimate of drug-likeness (QED) is 0.913. The second-order valence-electron chi connectivity index (χ2n) is 6.80. The number of rotatable bonds is 4. The third kappa shape index (κ3) is 3.89. The molecule has 6 nitrogen and oxygen atoms in total. The number of nitrogens with zero attached hydrogens (tertiary/aromatic N) is 2. The van der Waals surface area contributed by atoms with Gasteiger partial charge in [0.1, 0.15) is 5.75 Å². The Hall–Kier alpha value is -2.24. The van der Waals surface area contributed by atoms with E-state index in [1.54, 1.807) is 12.0 Å². The Kier molecular flexibility index (Phi) is 5.46. The molecule has 0 aliphatic carbocycles. The zero-order chi connectivity index (χ0) is 17.8. The van der Waals surface area contributed by atoms with E-state index in [-0.39, 0.29) is 18.0 Å². The molecule has 2 fully saturated rings. The number of nitrogens with one attached hydrogen (secondary N) is 1. The van der Waals surface area contributed by atoms with Crippen molar-refractivity contribution in [1.29, 1.82) is 0 Å². The zero-order valence-corrected chi connectivity index (χ0v) is 15.0. The molecule has 3 amide bonds. The molecule has 0 bridgehead atoms. The van der Waals surface area contributed by atoms with Crippen LogP contribution in [0, 0.1) is 0 Å². The van der Waals surface area contributed by atoms with Gasteiger partial charge < -0.3 is 19.9 Å². The van der Waals surface area contributed by atoms with Crippen molar-refractivity contribution in [1.82, 2.24) is 10.2 Å². The van der Waals surface area contributed by atoms with Gasteiger partial charge in [0.25, 0.3) is 0 Å². The first-order chi connectivity index (χ1) is 12.1. The van der Waals surface area contributed by atoms with Gasteiger partial charge in [-0.2, -0.15) is 0 Å². The van der Waals surface area contributed by atoms with Crippen LogP contribution < -0.4 is 15.0 Å². The lowest BCUT2D eigenvalue weighted by molar-refractivity contribution is -0.117. The molecule has 0 radical (unpaired) electrons. The van der Waals surface area contributed by atoms with Crippen LogP contribution >= 0.6 is 0 Å². The normalized spacial score (nSPS) is 23.7. The summed E-state index contributed by atoms with van der Waals surface area (Å²) in [5.74, 6) is 0.803. The molecular formula is C19H27N3O3. The van der Waals surface area contributed by atoms with Crippen LogP contribution in [0.15, 0.2) is 24.3 Å². The van der Waals surface area contributed by atoms with E-state index >= 15 is 0 Å². The number of likely N-dealkylation sites (tertiary alicyclic amines) is 1. The highest BCUT2D eigenvalue weighted by Gasteiger charge is 2.34. The molecule has 2 heterocycles. The Labute approximate surface area is 149 Å². The Bertz CT molecular complexity index is 617. The van der Waals surface area contributed by atoms with E-state index in [1.165, 1.54) is 6.42 Å². The average Bonchev–Trinajstić information content (AvgIpc) is 3.01. The molecule has 2 atom stereocenters. The number of ether oxygens (including phenoxy) is 1. The van der Waals surface area contributed by atoms with E-state index in [9.17, 15) is 9.59 Å². The van der Waals surface area contributed by atoms with Crippen molar-refractivity contribution in [2.24, 2.45) is 0 Å². The van der Waals surface area contributed by atoms with Gasteiger partial charge in [-0.3, -0.25) is 4.79 Å². The van der Waals surface area contributed by atoms with Gasteiger partial charge in [-0.05, 0) is 49.9 Å². The predicted molar refractivity (Wildman–Crippen MR) is 96.9 cm³/mol. The molecule has 2 aliphatic rings. The van der Waals surface area contributed by atoms with Crippen LogP contribution in [0.3, 0.4) is 0 Å². The van der Waals surface area contributed by atoms with Gasteiger partial charge in [0.05, 0.1) is 13.2 Å². The Morgan fingerprint density at radius 1 is 1.28 bits per heavy atom. The fourth-order valence-electron chi connectivity index (χ4n) is 3.77. The second kappa shape index (κ2) is 7.76. The lowest BCUT2D eigenvalue weighted by atomic mass is 10.0. The van der Waals surface area contributed by atoms with Crippen LogP contribution in [-0.2, 0) is 4.79 Å². The molecule has 2 aliphatic heterocycles. The molecule has 1 aromatic carbocycles. The molecule has 0 spiro atoms. The van der Waals surface area contributed by atoms with E-state index in [4.69, 9.17) is 4.74 Å². The third-order valence-electron chi connectivity index (χ3n) is 5.20. The number of carbonyl (C=O) groups excluding carboxylic acids is 2. The lowest BCUT2D eigenvalue weighted by Gasteiger charge is -2.35. The molecule has 6 heteroatoms. The minimum atomic E-state index is -0.137. The van der Waals surface area contributed by atoms with Crippen molar-refractivity contribution in [3.63, 3.8) is 0 Å². The van der Waals surface area contributed by atoms with E-state index < -0.39 is 0 Å². The van der Waals surface area contributed by atoms with Gasteiger partial charge >= 0.3 is 6.03 Å². The summed E-state index contributed by atoms with van der Waals surface area (Å²) in [4.78, 5) is 28.7. The molecule has 25 heavy (non-hydrogen) atoms. The highest BCUT2D eigenvalue weighted by atomic mass is 16.5. The minimum absolute atomic E-state index is 0.0269. The summed E-state index contributed by atoms with van der Waals surface area (Å²) >= 11 is 0. The summed E-state index contributed by atoms with van der Waals surface area (Å²) in [5.41, 5.74) is 0.840. The summed E-state index contributed by atoms with van der Waals surface area (Å²) in [6.07, 6.45) is 4.66. The first-order valence-corrected chi connectivity index (χ1v) is 9.14. The Morgan fingerprint density at radius 2 is 2.04 bits per heavy atom. The van der Waals surface area contributed by atoms with Crippen molar-refractivity contribution < 1.29 is 14.3 Å². The number of hydrogen-bond donors (Lipinski definition) is 1. The first kappa shape index (κ1) is 17.6. The van der Waals surface area contributed by atoms with Crippen molar-refractivity contribution >= 4 is 17.6 Å². The van der Waals surface area contributed by atoms with Gasteiger partial charge in [-0.15, -0.1) is 0 Å². The van der Waals surface area contributed by atoms with Gasteiger partial charge in [0.2, 0.25) is 5.91 Å². The number of anilines is 1. The monoisotopic (exact) mass is 345 g/mol. The number of carbonyl (C=O) groups is 2. The summed E-state index contributed by atoms with van der Waals surface area (Å²) < 4.78 is 5.15. The van der Waals surface area contributed by atoms with Crippen LogP contribution in [0.1, 0.15) is 39.0 Å². The van der Waals surface area contributed by atoms with Crippen LogP contribution in [-0.4, -0.2) is 49.1 Å². The van der Waals surface area contributed by atoms with E-state index in [0.29, 0.717) is 19.0 Å². The molecule has 3 rings (SSSR count). The van der Waals surface area contributed by atoms with Crippen molar-refractivity contribution in [3.05, 3.63) is 24.3 Å². The van der Waals surface area contributed by atoms with E-state index in [1.807, 2.05) is 29.2 Å². The fourth-order valence-corrected chi connectivity index (χ4v) is 3.77. The largest absolute Gasteiger partial charge is 0.497 e. The van der Waals surface area contributed by atoms with E-state index in [2.05, 4.69) is 12.2 Å². The topological polar surface area (TPSA) is 61.9 Å². The maximum absolute atomic E-state index is 12.6. The van der Waals surface area contributed by atoms with Crippen LogP contribution in [0.4, 0.5) is 10.5 Å². The first-order valence-electron chi connectivity index (χ1n) is 9.14. The Morgan fingerprint density at radius 3 is 2.72 bits per heavy atom. The number of amides is 3. The highest BCUT2D eigenvalue weighted by molar-refractivity contribution is 5.96. The van der Waals surface area contributed by atoms with Gasteiger partial charge in [0.15, 0.2) is 0 Å². The number of piperidine rings is 1. The minimum Gasteiger partial charge on any atom is -0.497 e. The lowest BCUT2D eigenvalue weighted by Crippen LogP contribution is -2.51. The van der Waals surface area contributed by atoms with E-state index in [0.717, 1.165) is 37.2 Å². The van der Waals surface area contributed by atoms with Gasteiger partial charge in [-0.1, -0.05) is 6.92 Å². The summed E-state index contributed by atoms with van der Waals surface area (Å²) in [5, 5.41) is 3.07. The second-order valence-corrected chi connectivity index (χ2v) is 6.80. The summed E-state index contributed by atoms with van der Waals surface area (Å²) in [7, 11) is 1.62. The molecule has 1 N–H and O–H groups in total. The SMILES string of the molecule is CCC1CCCCN1C(=O)NC1CC(=O)N(c2ccc(OC)cc2)C1. The molecule has 136 valence electrons. The predicted octanol–water partition coefficient (Wildman–Crippen LogP) is 2.77. The fraction of sp³-hybridized carbons (Fsp3) is 0.579. The summed E-state index contributed by atoms with van der Waals surface area (Å²) in [6, 6.07) is 7.59. The molecule has 0 saturated carbocycles. The van der Waals surface area contributed by atoms with Crippen LogP contribution in [0.2, 0.25) is 0 Å². The van der Waals surface area contributed by atoms with Crippen LogP contribution in [0.5, 0.6) is 5.75 Å². The molecule has 1 aromatic rings. The standard InChI is InChI=1S/C19H27N3O3/c1-3-15-6-4-5-11-21(15)19(24)20-14-12-18(23)22(13-14)16-7-9-17(25-2)10-8-16/h7-10,14-15H,3-6,11-13H2,1-2H3,(H,20,24). The Balaban J connectivity index is 1.61. The van der Waals surface area contributed by atoms with Crippen LogP contribution in [0.25, 0.3) is 0 Å². The van der Waals surface area contributed by atoms with Crippen molar-refractivity contribution in [2.75, 3.05) is 25.1 Å². The number of urea groups is 1.